The molecule has 2 aromatic carbocycles. The van der Waals surface area contributed by atoms with E-state index >= 15 is 0 Å². The van der Waals surface area contributed by atoms with E-state index in [9.17, 15) is 19.2 Å². The summed E-state index contributed by atoms with van der Waals surface area (Å²) in [6.45, 7) is 1.92. The normalized spacial score (nSPS) is 15.3. The van der Waals surface area contributed by atoms with Gasteiger partial charge < -0.3 is 9.30 Å². The topological polar surface area (TPSA) is 97.7 Å². The molecule has 0 saturated carbocycles. The number of halogens is 2. The molecule has 3 aromatic rings. The van der Waals surface area contributed by atoms with Crippen LogP contribution in [-0.2, 0) is 25.7 Å². The number of rotatable bonds is 5. The van der Waals surface area contributed by atoms with Crippen LogP contribution in [0.25, 0.3) is 17.0 Å². The average Bonchev–Trinajstić information content (AvgIpc) is 3.11. The first-order chi connectivity index (χ1) is 15.8. The molecule has 10 heteroatoms. The molecule has 1 N–H and O–H groups in total. The van der Waals surface area contributed by atoms with Gasteiger partial charge in [0.1, 0.15) is 12.1 Å². The summed E-state index contributed by atoms with van der Waals surface area (Å²) in [6, 6.07) is 10.8. The summed E-state index contributed by atoms with van der Waals surface area (Å²) in [5, 5.41) is 3.02. The lowest BCUT2D eigenvalue weighted by Gasteiger charge is -2.27. The van der Waals surface area contributed by atoms with Crippen molar-refractivity contribution in [2.24, 2.45) is 0 Å². The molecule has 4 amide bonds. The molecule has 1 saturated heterocycles. The molecule has 0 unspecified atom stereocenters. The van der Waals surface area contributed by atoms with Crippen LogP contribution >= 0.6 is 23.2 Å². The minimum atomic E-state index is -0.934. The quantitative estimate of drug-likeness (QED) is 0.332. The van der Waals surface area contributed by atoms with Gasteiger partial charge in [0.2, 0.25) is 0 Å². The Labute approximate surface area is 198 Å². The Bertz CT molecular complexity index is 1350. The lowest BCUT2D eigenvalue weighted by Crippen LogP contribution is -2.54. The van der Waals surface area contributed by atoms with E-state index in [2.05, 4.69) is 5.32 Å². The standard InChI is InChI=1S/C23H17Cl2N3O5/c1-2-33-19(29)12-27-11-13(14-6-3-4-8-17(14)27)10-15-21(30)26-23(32)28(22(15)31)18-9-5-7-16(24)20(18)25/h3-11H,2,12H2,1H3,(H,26,30,32)/b15-10-. The number of carbonyl (C=O) groups is 4. The molecule has 2 heterocycles. The molecule has 0 aliphatic carbocycles. The highest BCUT2D eigenvalue weighted by atomic mass is 35.5. The smallest absolute Gasteiger partial charge is 0.336 e. The van der Waals surface area contributed by atoms with Gasteiger partial charge in [-0.25, -0.2) is 9.69 Å². The van der Waals surface area contributed by atoms with Crippen LogP contribution in [0.15, 0.2) is 54.2 Å². The molecule has 0 spiro atoms. The monoisotopic (exact) mass is 485 g/mol. The van der Waals surface area contributed by atoms with Gasteiger partial charge in [0.05, 0.1) is 22.3 Å². The Morgan fingerprint density at radius 2 is 1.85 bits per heavy atom. The molecule has 0 bridgehead atoms. The number of hydrogen-bond acceptors (Lipinski definition) is 5. The molecule has 168 valence electrons. The first kappa shape index (κ1) is 22.6. The fourth-order valence-electron chi connectivity index (χ4n) is 3.56. The molecule has 0 radical (unpaired) electrons. The number of aromatic nitrogens is 1. The van der Waals surface area contributed by atoms with Gasteiger partial charge in [-0.1, -0.05) is 47.5 Å². The van der Waals surface area contributed by atoms with Gasteiger partial charge in [0.15, 0.2) is 0 Å². The maximum Gasteiger partial charge on any atom is 0.336 e. The molecule has 1 aliphatic heterocycles. The van der Waals surface area contributed by atoms with Crippen LogP contribution < -0.4 is 10.2 Å². The van der Waals surface area contributed by atoms with Crippen LogP contribution in [0.2, 0.25) is 10.0 Å². The maximum absolute atomic E-state index is 13.2. The van der Waals surface area contributed by atoms with E-state index in [1.165, 1.54) is 24.3 Å². The SMILES string of the molecule is CCOC(=O)Cn1cc(/C=C2/C(=O)NC(=O)N(c3cccc(Cl)c3Cl)C2=O)c2ccccc21. The van der Waals surface area contributed by atoms with Crippen molar-refractivity contribution in [1.29, 1.82) is 0 Å². The summed E-state index contributed by atoms with van der Waals surface area (Å²) in [5.41, 5.74) is 1.01. The second kappa shape index (κ2) is 9.09. The molecular weight excluding hydrogens is 469 g/mol. The minimum Gasteiger partial charge on any atom is -0.465 e. The van der Waals surface area contributed by atoms with Crippen molar-refractivity contribution in [2.45, 2.75) is 13.5 Å². The Hall–Kier alpha value is -3.62. The predicted octanol–water partition coefficient (Wildman–Crippen LogP) is 4.18. The van der Waals surface area contributed by atoms with Crippen LogP contribution in [0, 0.1) is 0 Å². The van der Waals surface area contributed by atoms with Crippen LogP contribution in [0.3, 0.4) is 0 Å². The van der Waals surface area contributed by atoms with E-state index in [0.717, 1.165) is 4.90 Å². The number of nitrogens with one attached hydrogen (secondary N) is 1. The number of ether oxygens (including phenoxy) is 1. The number of benzene rings is 2. The lowest BCUT2D eigenvalue weighted by atomic mass is 10.1. The minimum absolute atomic E-state index is 0.00223. The number of urea groups is 1. The number of imide groups is 2. The summed E-state index contributed by atoms with van der Waals surface area (Å²) >= 11 is 12.2. The van der Waals surface area contributed by atoms with Gasteiger partial charge in [-0.2, -0.15) is 0 Å². The highest BCUT2D eigenvalue weighted by molar-refractivity contribution is 6.46. The van der Waals surface area contributed by atoms with Crippen molar-refractivity contribution in [2.75, 3.05) is 11.5 Å². The summed E-state index contributed by atoms with van der Waals surface area (Å²) in [7, 11) is 0. The van der Waals surface area contributed by atoms with E-state index < -0.39 is 23.8 Å². The summed E-state index contributed by atoms with van der Waals surface area (Å²) in [4.78, 5) is 51.0. The third kappa shape index (κ3) is 4.22. The third-order valence-corrected chi connectivity index (χ3v) is 5.81. The van der Waals surface area contributed by atoms with E-state index in [-0.39, 0.29) is 34.5 Å². The number of esters is 1. The number of nitrogens with zero attached hydrogens (tertiary/aromatic N) is 2. The number of amides is 4. The second-order valence-electron chi connectivity index (χ2n) is 7.07. The highest BCUT2D eigenvalue weighted by Crippen LogP contribution is 2.34. The summed E-state index contributed by atoms with van der Waals surface area (Å²) in [5.74, 6) is -2.12. The van der Waals surface area contributed by atoms with Gasteiger partial charge in [-0.3, -0.25) is 19.7 Å². The van der Waals surface area contributed by atoms with Gasteiger partial charge in [0.25, 0.3) is 11.8 Å². The van der Waals surface area contributed by atoms with Crippen molar-refractivity contribution in [3.05, 3.63) is 69.8 Å². The molecular formula is C23H17Cl2N3O5. The van der Waals surface area contributed by atoms with Crippen LogP contribution in [0.5, 0.6) is 0 Å². The largest absolute Gasteiger partial charge is 0.465 e. The van der Waals surface area contributed by atoms with Crippen molar-refractivity contribution in [3.8, 4) is 0 Å². The van der Waals surface area contributed by atoms with Crippen LogP contribution in [0.1, 0.15) is 12.5 Å². The molecule has 8 nitrogen and oxygen atoms in total. The fourth-order valence-corrected chi connectivity index (χ4v) is 3.94. The Kier molecular flexibility index (Phi) is 6.22. The summed E-state index contributed by atoms with van der Waals surface area (Å²) < 4.78 is 6.69. The zero-order valence-corrected chi connectivity index (χ0v) is 18.8. The lowest BCUT2D eigenvalue weighted by molar-refractivity contribution is -0.143. The van der Waals surface area contributed by atoms with E-state index in [4.69, 9.17) is 27.9 Å². The fraction of sp³-hybridized carbons (Fsp3) is 0.130. The number of anilines is 1. The molecule has 4 rings (SSSR count). The predicted molar refractivity (Wildman–Crippen MR) is 124 cm³/mol. The van der Waals surface area contributed by atoms with Gasteiger partial charge in [0, 0.05) is 22.7 Å². The maximum atomic E-state index is 13.2. The third-order valence-electron chi connectivity index (χ3n) is 5.00. The average molecular weight is 486 g/mol. The van der Waals surface area contributed by atoms with Crippen LogP contribution in [-0.4, -0.2) is 35.0 Å². The molecule has 1 aliphatic rings. The van der Waals surface area contributed by atoms with E-state index in [1.54, 1.807) is 42.0 Å². The van der Waals surface area contributed by atoms with E-state index in [1.807, 2.05) is 0 Å². The molecule has 1 fully saturated rings. The van der Waals surface area contributed by atoms with Gasteiger partial charge in [-0.05, 0) is 31.2 Å². The number of carbonyl (C=O) groups excluding carboxylic acids is 4. The van der Waals surface area contributed by atoms with E-state index in [0.29, 0.717) is 16.5 Å². The number of para-hydroxylation sites is 1. The number of fused-ring (bicyclic) bond motifs is 1. The Morgan fingerprint density at radius 1 is 1.09 bits per heavy atom. The van der Waals surface area contributed by atoms with Crippen molar-refractivity contribution in [1.82, 2.24) is 9.88 Å². The zero-order valence-electron chi connectivity index (χ0n) is 17.3. The Morgan fingerprint density at radius 3 is 2.61 bits per heavy atom. The first-order valence-electron chi connectivity index (χ1n) is 9.90. The zero-order chi connectivity index (χ0) is 23.7. The number of hydrogen-bond donors (Lipinski definition) is 1. The van der Waals surface area contributed by atoms with Gasteiger partial charge >= 0.3 is 12.0 Å². The first-order valence-corrected chi connectivity index (χ1v) is 10.7. The molecule has 0 atom stereocenters. The molecule has 33 heavy (non-hydrogen) atoms. The summed E-state index contributed by atoms with van der Waals surface area (Å²) in [6.07, 6.45) is 3.02. The Balaban J connectivity index is 1.79. The van der Waals surface area contributed by atoms with Crippen molar-refractivity contribution < 1.29 is 23.9 Å². The van der Waals surface area contributed by atoms with Crippen LogP contribution in [0.4, 0.5) is 10.5 Å². The van der Waals surface area contributed by atoms with Gasteiger partial charge in [-0.15, -0.1) is 0 Å². The number of barbiturate groups is 1. The molecule has 1 aromatic heterocycles. The highest BCUT2D eigenvalue weighted by Gasteiger charge is 2.38. The van der Waals surface area contributed by atoms with Crippen molar-refractivity contribution >= 4 is 69.7 Å². The second-order valence-corrected chi connectivity index (χ2v) is 7.85. The van der Waals surface area contributed by atoms with Crippen molar-refractivity contribution in [3.63, 3.8) is 0 Å².